The van der Waals surface area contributed by atoms with Crippen molar-refractivity contribution < 1.29 is 41.3 Å². The molecule has 0 atom stereocenters. The first kappa shape index (κ1) is 15.9. The molecule has 0 spiro atoms. The van der Waals surface area contributed by atoms with Crippen LogP contribution in [0.15, 0.2) is 6.07 Å². The molecule has 0 aliphatic heterocycles. The third-order valence-corrected chi connectivity index (χ3v) is 1.90. The Kier molecular flexibility index (Phi) is 4.69. The number of aromatic nitrogens is 1. The second-order valence-electron chi connectivity index (χ2n) is 3.31. The molecule has 0 unspecified atom stereocenters. The van der Waals surface area contributed by atoms with Crippen molar-refractivity contribution in [2.24, 2.45) is 0 Å². The molecule has 1 rings (SSSR count). The molecule has 5 nitrogen and oxygen atoms in total. The summed E-state index contributed by atoms with van der Waals surface area (Å²) in [5.41, 5.74) is -2.35. The quantitative estimate of drug-likeness (QED) is 0.684. The molecule has 0 saturated carbocycles. The number of nitrogens with zero attached hydrogens (tertiary/aromatic N) is 1. The number of hydrogen-bond donors (Lipinski definition) is 1. The second-order valence-corrected chi connectivity index (χ2v) is 3.31. The number of carbonyl (C=O) groups is 1. The standard InChI is InChI=1S/C10H8F5NO4/c1-2-19-9(18)6-4(17)3-5(20-10(13,14)15)7(16-6)8(11)12/h3,8,17H,2H2,1H3. The number of halogens is 5. The fourth-order valence-corrected chi connectivity index (χ4v) is 1.21. The summed E-state index contributed by atoms with van der Waals surface area (Å²) in [7, 11) is 0. The van der Waals surface area contributed by atoms with E-state index in [0.29, 0.717) is 0 Å². The van der Waals surface area contributed by atoms with Gasteiger partial charge < -0.3 is 14.6 Å². The highest BCUT2D eigenvalue weighted by Gasteiger charge is 2.35. The molecule has 0 radical (unpaired) electrons. The van der Waals surface area contributed by atoms with Crippen LogP contribution in [0.25, 0.3) is 0 Å². The van der Waals surface area contributed by atoms with Crippen molar-refractivity contribution in [3.63, 3.8) is 0 Å². The van der Waals surface area contributed by atoms with Gasteiger partial charge in [0.1, 0.15) is 5.69 Å². The Morgan fingerprint density at radius 3 is 2.50 bits per heavy atom. The summed E-state index contributed by atoms with van der Waals surface area (Å²) in [5, 5.41) is 9.34. The Morgan fingerprint density at radius 2 is 2.05 bits per heavy atom. The number of carbonyl (C=O) groups excluding carboxylic acids is 1. The molecule has 20 heavy (non-hydrogen) atoms. The number of hydrogen-bond acceptors (Lipinski definition) is 5. The lowest BCUT2D eigenvalue weighted by atomic mass is 10.2. The smallest absolute Gasteiger partial charge is 0.505 e. The molecule has 0 aliphatic carbocycles. The molecule has 0 aromatic carbocycles. The highest BCUT2D eigenvalue weighted by Crippen LogP contribution is 2.35. The van der Waals surface area contributed by atoms with E-state index in [2.05, 4.69) is 14.5 Å². The summed E-state index contributed by atoms with van der Waals surface area (Å²) in [6.45, 7) is 1.27. The molecule has 0 amide bonds. The monoisotopic (exact) mass is 301 g/mol. The minimum atomic E-state index is -5.25. The topological polar surface area (TPSA) is 68.7 Å². The molecular formula is C10H8F5NO4. The van der Waals surface area contributed by atoms with E-state index in [9.17, 15) is 31.9 Å². The van der Waals surface area contributed by atoms with E-state index in [1.807, 2.05) is 0 Å². The highest BCUT2D eigenvalue weighted by atomic mass is 19.4. The van der Waals surface area contributed by atoms with Gasteiger partial charge in [-0.15, -0.1) is 13.2 Å². The zero-order valence-electron chi connectivity index (χ0n) is 9.87. The van der Waals surface area contributed by atoms with Gasteiger partial charge in [-0.2, -0.15) is 0 Å². The SMILES string of the molecule is CCOC(=O)c1nc(C(F)F)c(OC(F)(F)F)cc1O. The van der Waals surface area contributed by atoms with Crippen LogP contribution < -0.4 is 4.74 Å². The minimum absolute atomic E-state index is 0.134. The highest BCUT2D eigenvalue weighted by molar-refractivity contribution is 5.90. The first-order valence-corrected chi connectivity index (χ1v) is 5.10. The molecular weight excluding hydrogens is 293 g/mol. The third kappa shape index (κ3) is 3.93. The average molecular weight is 301 g/mol. The Bertz CT molecular complexity index is 503. The van der Waals surface area contributed by atoms with Crippen LogP contribution in [0, 0.1) is 0 Å². The summed E-state index contributed by atoms with van der Waals surface area (Å²) >= 11 is 0. The van der Waals surface area contributed by atoms with E-state index in [0.717, 1.165) is 0 Å². The van der Waals surface area contributed by atoms with Gasteiger partial charge in [0.2, 0.25) is 0 Å². The van der Waals surface area contributed by atoms with Crippen LogP contribution in [0.5, 0.6) is 11.5 Å². The van der Waals surface area contributed by atoms with Gasteiger partial charge in [0, 0.05) is 6.07 Å². The molecule has 10 heteroatoms. The van der Waals surface area contributed by atoms with Crippen molar-refractivity contribution in [1.82, 2.24) is 4.98 Å². The second kappa shape index (κ2) is 5.88. The molecule has 112 valence electrons. The molecule has 0 bridgehead atoms. The molecule has 0 aliphatic rings. The van der Waals surface area contributed by atoms with E-state index < -0.39 is 41.6 Å². The van der Waals surface area contributed by atoms with Crippen molar-refractivity contribution in [3.8, 4) is 11.5 Å². The summed E-state index contributed by atoms with van der Waals surface area (Å²) in [6, 6.07) is 0.230. The largest absolute Gasteiger partial charge is 0.573 e. The summed E-state index contributed by atoms with van der Waals surface area (Å²) in [5.74, 6) is -3.70. The van der Waals surface area contributed by atoms with Crippen LogP contribution in [0.4, 0.5) is 22.0 Å². The number of alkyl halides is 5. The molecule has 1 aromatic heterocycles. The summed E-state index contributed by atoms with van der Waals surface area (Å²) in [4.78, 5) is 14.3. The predicted octanol–water partition coefficient (Wildman–Crippen LogP) is 2.80. The fraction of sp³-hybridized carbons (Fsp3) is 0.400. The number of ether oxygens (including phenoxy) is 2. The lowest BCUT2D eigenvalue weighted by Crippen LogP contribution is -2.19. The van der Waals surface area contributed by atoms with Crippen LogP contribution in [-0.4, -0.2) is 29.0 Å². The fourth-order valence-electron chi connectivity index (χ4n) is 1.21. The van der Waals surface area contributed by atoms with E-state index in [1.54, 1.807) is 0 Å². The summed E-state index contributed by atoms with van der Waals surface area (Å²) in [6.07, 6.45) is -8.69. The van der Waals surface area contributed by atoms with Crippen LogP contribution >= 0.6 is 0 Å². The van der Waals surface area contributed by atoms with Crippen molar-refractivity contribution in [3.05, 3.63) is 17.5 Å². The van der Waals surface area contributed by atoms with Crippen LogP contribution in [0.3, 0.4) is 0 Å². The Hall–Kier alpha value is -2.13. The van der Waals surface area contributed by atoms with Crippen molar-refractivity contribution in [2.75, 3.05) is 6.61 Å². The van der Waals surface area contributed by atoms with E-state index in [-0.39, 0.29) is 12.7 Å². The van der Waals surface area contributed by atoms with Gasteiger partial charge in [-0.05, 0) is 6.92 Å². The number of aromatic hydroxyl groups is 1. The number of rotatable bonds is 4. The molecule has 0 saturated heterocycles. The van der Waals surface area contributed by atoms with Crippen molar-refractivity contribution >= 4 is 5.97 Å². The normalized spacial score (nSPS) is 11.6. The third-order valence-electron chi connectivity index (χ3n) is 1.90. The Morgan fingerprint density at radius 1 is 1.45 bits per heavy atom. The van der Waals surface area contributed by atoms with Gasteiger partial charge in [0.15, 0.2) is 17.2 Å². The first-order valence-electron chi connectivity index (χ1n) is 5.10. The maximum absolute atomic E-state index is 12.6. The van der Waals surface area contributed by atoms with Gasteiger partial charge in [-0.3, -0.25) is 0 Å². The van der Waals surface area contributed by atoms with Gasteiger partial charge >= 0.3 is 12.3 Å². The van der Waals surface area contributed by atoms with E-state index in [4.69, 9.17) is 0 Å². The molecule has 0 fully saturated rings. The Balaban J connectivity index is 3.28. The zero-order valence-corrected chi connectivity index (χ0v) is 9.87. The number of pyridine rings is 1. The summed E-state index contributed by atoms with van der Waals surface area (Å²) < 4.78 is 69.1. The minimum Gasteiger partial charge on any atom is -0.505 e. The predicted molar refractivity (Wildman–Crippen MR) is 53.5 cm³/mol. The van der Waals surface area contributed by atoms with Gasteiger partial charge in [-0.1, -0.05) is 0 Å². The first-order chi connectivity index (χ1) is 9.15. The average Bonchev–Trinajstić information content (AvgIpc) is 2.26. The lowest BCUT2D eigenvalue weighted by Gasteiger charge is -2.14. The molecule has 1 heterocycles. The van der Waals surface area contributed by atoms with Crippen LogP contribution in [-0.2, 0) is 4.74 Å². The lowest BCUT2D eigenvalue weighted by molar-refractivity contribution is -0.275. The van der Waals surface area contributed by atoms with Gasteiger partial charge in [0.25, 0.3) is 6.43 Å². The van der Waals surface area contributed by atoms with E-state index in [1.165, 1.54) is 6.92 Å². The maximum atomic E-state index is 12.6. The number of esters is 1. The molecule has 1 N–H and O–H groups in total. The Labute approximate surface area is 108 Å². The van der Waals surface area contributed by atoms with Crippen LogP contribution in [0.2, 0.25) is 0 Å². The van der Waals surface area contributed by atoms with Gasteiger partial charge in [-0.25, -0.2) is 18.6 Å². The van der Waals surface area contributed by atoms with Gasteiger partial charge in [0.05, 0.1) is 6.61 Å². The molecule has 1 aromatic rings. The van der Waals surface area contributed by atoms with Crippen molar-refractivity contribution in [1.29, 1.82) is 0 Å². The zero-order chi connectivity index (χ0) is 15.5. The maximum Gasteiger partial charge on any atom is 0.573 e. The van der Waals surface area contributed by atoms with Crippen molar-refractivity contribution in [2.45, 2.75) is 19.7 Å². The van der Waals surface area contributed by atoms with Crippen LogP contribution in [0.1, 0.15) is 29.5 Å². The van der Waals surface area contributed by atoms with E-state index >= 15 is 0 Å².